The Balaban J connectivity index is 2.09. The Labute approximate surface area is 256 Å². The second kappa shape index (κ2) is 14.4. The van der Waals surface area contributed by atoms with Crippen molar-refractivity contribution in [2.45, 2.75) is 38.5 Å². The standard InChI is InChI=1S/C29H30BrClF3N3O4S/c1-3-15-35-28(39)26(16-20-7-5-4-6-8-20)36(18-21-9-12-23(30)13-10-21)27(38)19-37(42(2,40)41)25-17-22(29(32,33)34)11-14-24(25)31/h4-14,17,26H,3,15-16,18-19H2,1-2H3,(H,35,39)/t26-/m0/s1. The van der Waals surface area contributed by atoms with Gasteiger partial charge < -0.3 is 10.2 Å². The summed E-state index contributed by atoms with van der Waals surface area (Å²) in [5.74, 6) is -1.25. The van der Waals surface area contributed by atoms with Gasteiger partial charge in [0.25, 0.3) is 0 Å². The molecule has 0 fully saturated rings. The second-order valence-corrected chi connectivity index (χ2v) is 12.8. The summed E-state index contributed by atoms with van der Waals surface area (Å²) in [5.41, 5.74) is -0.226. The van der Waals surface area contributed by atoms with E-state index in [0.717, 1.165) is 28.4 Å². The lowest BCUT2D eigenvalue weighted by atomic mass is 10.0. The number of carbonyl (C=O) groups is 2. The third-order valence-corrected chi connectivity index (χ3v) is 8.28. The van der Waals surface area contributed by atoms with E-state index in [9.17, 15) is 31.2 Å². The minimum Gasteiger partial charge on any atom is -0.354 e. The van der Waals surface area contributed by atoms with Crippen molar-refractivity contribution in [1.82, 2.24) is 10.2 Å². The summed E-state index contributed by atoms with van der Waals surface area (Å²) in [4.78, 5) is 28.7. The van der Waals surface area contributed by atoms with Crippen LogP contribution in [-0.2, 0) is 38.8 Å². The van der Waals surface area contributed by atoms with E-state index >= 15 is 0 Å². The van der Waals surface area contributed by atoms with Gasteiger partial charge in [0, 0.05) is 24.0 Å². The number of halogens is 5. The van der Waals surface area contributed by atoms with Crippen LogP contribution in [0.3, 0.4) is 0 Å². The molecule has 0 heterocycles. The summed E-state index contributed by atoms with van der Waals surface area (Å²) in [6.07, 6.45) is -3.26. The number of hydrogen-bond donors (Lipinski definition) is 1. The molecule has 0 aliphatic heterocycles. The Hall–Kier alpha value is -3.09. The third-order valence-electron chi connectivity index (χ3n) is 6.31. The first-order valence-corrected chi connectivity index (χ1v) is 15.9. The van der Waals surface area contributed by atoms with E-state index in [4.69, 9.17) is 11.6 Å². The van der Waals surface area contributed by atoms with Gasteiger partial charge in [-0.15, -0.1) is 0 Å². The number of rotatable bonds is 12. The molecule has 3 rings (SSSR count). The normalized spacial score (nSPS) is 12.5. The van der Waals surface area contributed by atoms with Crippen LogP contribution < -0.4 is 9.62 Å². The zero-order chi connectivity index (χ0) is 31.1. The van der Waals surface area contributed by atoms with Crippen molar-refractivity contribution in [3.63, 3.8) is 0 Å². The van der Waals surface area contributed by atoms with Gasteiger partial charge in [0.15, 0.2) is 0 Å². The highest BCUT2D eigenvalue weighted by Crippen LogP contribution is 2.36. The molecule has 1 N–H and O–H groups in total. The number of anilines is 1. The van der Waals surface area contributed by atoms with Crippen molar-refractivity contribution < 1.29 is 31.2 Å². The van der Waals surface area contributed by atoms with Crippen LogP contribution in [0.5, 0.6) is 0 Å². The van der Waals surface area contributed by atoms with Gasteiger partial charge in [0.05, 0.1) is 22.5 Å². The topological polar surface area (TPSA) is 86.8 Å². The van der Waals surface area contributed by atoms with Gasteiger partial charge in [-0.25, -0.2) is 8.42 Å². The molecule has 2 amide bonds. The smallest absolute Gasteiger partial charge is 0.354 e. The number of hydrogen-bond acceptors (Lipinski definition) is 4. The number of alkyl halides is 3. The molecule has 0 bridgehead atoms. The fourth-order valence-corrected chi connectivity index (χ4v) is 5.57. The lowest BCUT2D eigenvalue weighted by Gasteiger charge is -2.33. The van der Waals surface area contributed by atoms with Crippen LogP contribution in [0.1, 0.15) is 30.0 Å². The molecule has 0 saturated heterocycles. The molecular weight excluding hydrogens is 659 g/mol. The highest BCUT2D eigenvalue weighted by molar-refractivity contribution is 9.10. The third kappa shape index (κ3) is 9.20. The van der Waals surface area contributed by atoms with Gasteiger partial charge in [-0.3, -0.25) is 13.9 Å². The first-order chi connectivity index (χ1) is 19.7. The molecular formula is C29H30BrClF3N3O4S. The Morgan fingerprint density at radius 3 is 2.21 bits per heavy atom. The van der Waals surface area contributed by atoms with Gasteiger partial charge in [0.2, 0.25) is 21.8 Å². The zero-order valence-electron chi connectivity index (χ0n) is 22.9. The molecule has 0 unspecified atom stereocenters. The highest BCUT2D eigenvalue weighted by Gasteiger charge is 2.35. The Morgan fingerprint density at radius 2 is 1.64 bits per heavy atom. The van der Waals surface area contributed by atoms with Gasteiger partial charge >= 0.3 is 6.18 Å². The van der Waals surface area contributed by atoms with Crippen LogP contribution in [0.2, 0.25) is 5.02 Å². The summed E-state index contributed by atoms with van der Waals surface area (Å²) in [7, 11) is -4.30. The average molecular weight is 689 g/mol. The minimum absolute atomic E-state index is 0.0723. The molecule has 1 atom stereocenters. The van der Waals surface area contributed by atoms with Crippen LogP contribution in [0.25, 0.3) is 0 Å². The van der Waals surface area contributed by atoms with E-state index in [1.54, 1.807) is 48.5 Å². The number of nitrogens with one attached hydrogen (secondary N) is 1. The van der Waals surface area contributed by atoms with Crippen LogP contribution >= 0.6 is 27.5 Å². The quantitative estimate of drug-likeness (QED) is 0.251. The lowest BCUT2D eigenvalue weighted by Crippen LogP contribution is -2.53. The van der Waals surface area contributed by atoms with Crippen LogP contribution in [0, 0.1) is 0 Å². The predicted octanol–water partition coefficient (Wildman–Crippen LogP) is 6.05. The van der Waals surface area contributed by atoms with Gasteiger partial charge in [-0.1, -0.05) is 76.9 Å². The number of benzene rings is 3. The van der Waals surface area contributed by atoms with E-state index < -0.39 is 51.9 Å². The van der Waals surface area contributed by atoms with Crippen molar-refractivity contribution in [2.75, 3.05) is 23.7 Å². The fourth-order valence-electron chi connectivity index (χ4n) is 4.18. The summed E-state index contributed by atoms with van der Waals surface area (Å²) in [6.45, 7) is 1.26. The molecule has 42 heavy (non-hydrogen) atoms. The molecule has 226 valence electrons. The van der Waals surface area contributed by atoms with Gasteiger partial charge in [0.1, 0.15) is 12.6 Å². The zero-order valence-corrected chi connectivity index (χ0v) is 26.0. The summed E-state index contributed by atoms with van der Waals surface area (Å²) in [5, 5.41) is 2.52. The van der Waals surface area contributed by atoms with Gasteiger partial charge in [-0.05, 0) is 47.9 Å². The van der Waals surface area contributed by atoms with Crippen LogP contribution in [0.4, 0.5) is 18.9 Å². The molecule has 13 heteroatoms. The predicted molar refractivity (Wildman–Crippen MR) is 161 cm³/mol. The second-order valence-electron chi connectivity index (χ2n) is 9.58. The fraction of sp³-hybridized carbons (Fsp3) is 0.310. The van der Waals surface area contributed by atoms with Crippen LogP contribution in [0.15, 0.2) is 77.3 Å². The van der Waals surface area contributed by atoms with Crippen molar-refractivity contribution in [3.05, 3.63) is 99.0 Å². The Bertz CT molecular complexity index is 1490. The van der Waals surface area contributed by atoms with Crippen molar-refractivity contribution >= 4 is 55.1 Å². The van der Waals surface area contributed by atoms with Crippen molar-refractivity contribution in [1.29, 1.82) is 0 Å². The van der Waals surface area contributed by atoms with E-state index in [2.05, 4.69) is 21.2 Å². The molecule has 7 nitrogen and oxygen atoms in total. The first-order valence-electron chi connectivity index (χ1n) is 12.9. The Morgan fingerprint density at radius 1 is 1.00 bits per heavy atom. The molecule has 0 aromatic heterocycles. The largest absolute Gasteiger partial charge is 0.416 e. The molecule has 0 saturated carbocycles. The monoisotopic (exact) mass is 687 g/mol. The maximum absolute atomic E-state index is 14.0. The average Bonchev–Trinajstić information content (AvgIpc) is 2.93. The van der Waals surface area contributed by atoms with Crippen molar-refractivity contribution in [2.24, 2.45) is 0 Å². The molecule has 3 aromatic rings. The summed E-state index contributed by atoms with van der Waals surface area (Å²) < 4.78 is 67.5. The van der Waals surface area contributed by atoms with E-state index in [1.807, 2.05) is 13.0 Å². The number of carbonyl (C=O) groups excluding carboxylic acids is 2. The summed E-state index contributed by atoms with van der Waals surface area (Å²) >= 11 is 9.53. The lowest BCUT2D eigenvalue weighted by molar-refractivity contribution is -0.140. The maximum atomic E-state index is 14.0. The van der Waals surface area contributed by atoms with Crippen molar-refractivity contribution in [3.8, 4) is 0 Å². The first kappa shape index (κ1) is 33.4. The molecule has 0 spiro atoms. The number of nitrogens with zero attached hydrogens (tertiary/aromatic N) is 2. The SMILES string of the molecule is CCCNC(=O)[C@H](Cc1ccccc1)N(Cc1ccc(Br)cc1)C(=O)CN(c1cc(C(F)(F)F)ccc1Cl)S(C)(=O)=O. The van der Waals surface area contributed by atoms with E-state index in [0.29, 0.717) is 28.9 Å². The van der Waals surface area contributed by atoms with E-state index in [-0.39, 0.29) is 18.0 Å². The molecule has 0 radical (unpaired) electrons. The molecule has 3 aromatic carbocycles. The maximum Gasteiger partial charge on any atom is 0.416 e. The molecule has 0 aliphatic carbocycles. The minimum atomic E-state index is -4.78. The summed E-state index contributed by atoms with van der Waals surface area (Å²) in [6, 6.07) is 17.2. The number of amides is 2. The van der Waals surface area contributed by atoms with E-state index in [1.165, 1.54) is 4.90 Å². The highest BCUT2D eigenvalue weighted by atomic mass is 79.9. The van der Waals surface area contributed by atoms with Crippen LogP contribution in [-0.4, -0.2) is 50.5 Å². The van der Waals surface area contributed by atoms with Gasteiger partial charge in [-0.2, -0.15) is 13.2 Å². The molecule has 0 aliphatic rings. The Kier molecular flexibility index (Phi) is 11.4. The number of sulfonamides is 1.